The van der Waals surface area contributed by atoms with E-state index in [1.54, 1.807) is 13.3 Å². The van der Waals surface area contributed by atoms with E-state index in [4.69, 9.17) is 9.47 Å². The summed E-state index contributed by atoms with van der Waals surface area (Å²) in [6, 6.07) is 6.52. The number of fused-ring (bicyclic) bond motifs is 1. The van der Waals surface area contributed by atoms with Crippen LogP contribution in [-0.2, 0) is 11.2 Å². The molecular weight excluding hydrogens is 610 g/mol. The zero-order chi connectivity index (χ0) is 33.7. The number of hydrogen-bond donors (Lipinski definition) is 3. The zero-order valence-electron chi connectivity index (χ0n) is 27.8. The van der Waals surface area contributed by atoms with Crippen LogP contribution >= 0.6 is 11.3 Å². The minimum absolute atomic E-state index is 0.0160. The monoisotopic (exact) mass is 654 g/mol. The molecule has 4 rings (SSSR count). The van der Waals surface area contributed by atoms with Gasteiger partial charge >= 0.3 is 0 Å². The van der Waals surface area contributed by atoms with E-state index in [1.807, 2.05) is 12.1 Å². The SMILES string of the molecule is CCC(NCCCOc1cc2ncnc(Nc3ncc(CC(=O)Nc4cc(F)cc(F)c4)s3)c2cc1OC)(C(C)(C)C)C(C)(C)C. The predicted molar refractivity (Wildman–Crippen MR) is 180 cm³/mol. The average Bonchev–Trinajstić information content (AvgIpc) is 3.39. The van der Waals surface area contributed by atoms with Crippen molar-refractivity contribution in [3.8, 4) is 11.5 Å². The normalized spacial score (nSPS) is 12.3. The van der Waals surface area contributed by atoms with Crippen LogP contribution in [0.2, 0.25) is 0 Å². The Bertz CT molecular complexity index is 1630. The molecule has 1 amide bonds. The molecule has 0 spiro atoms. The molecule has 0 fully saturated rings. The molecule has 0 aliphatic heterocycles. The first-order valence-electron chi connectivity index (χ1n) is 15.3. The van der Waals surface area contributed by atoms with E-state index in [-0.39, 0.29) is 28.5 Å². The van der Waals surface area contributed by atoms with Crippen molar-refractivity contribution in [1.82, 2.24) is 20.3 Å². The van der Waals surface area contributed by atoms with Gasteiger partial charge in [-0.05, 0) is 48.4 Å². The van der Waals surface area contributed by atoms with Crippen molar-refractivity contribution < 1.29 is 23.0 Å². The summed E-state index contributed by atoms with van der Waals surface area (Å²) >= 11 is 1.26. The van der Waals surface area contributed by atoms with Gasteiger partial charge in [0.1, 0.15) is 23.8 Å². The van der Waals surface area contributed by atoms with Crippen molar-refractivity contribution in [1.29, 1.82) is 0 Å². The number of hydrogen-bond acceptors (Lipinski definition) is 9. The van der Waals surface area contributed by atoms with Gasteiger partial charge in [-0.25, -0.2) is 23.7 Å². The highest BCUT2D eigenvalue weighted by molar-refractivity contribution is 7.15. The summed E-state index contributed by atoms with van der Waals surface area (Å²) in [5.41, 5.74) is 0.834. The topological polar surface area (TPSA) is 110 Å². The summed E-state index contributed by atoms with van der Waals surface area (Å²) in [4.78, 5) is 26.3. The molecule has 3 N–H and O–H groups in total. The Labute approximate surface area is 273 Å². The van der Waals surface area contributed by atoms with Crippen LogP contribution in [0.25, 0.3) is 10.9 Å². The van der Waals surface area contributed by atoms with Crippen LogP contribution in [0.3, 0.4) is 0 Å². The fourth-order valence-electron chi connectivity index (χ4n) is 6.37. The first-order valence-corrected chi connectivity index (χ1v) is 16.2. The van der Waals surface area contributed by atoms with Crippen molar-refractivity contribution in [3.05, 3.63) is 59.4 Å². The third-order valence-corrected chi connectivity index (χ3v) is 9.19. The minimum atomic E-state index is -0.768. The Morgan fingerprint density at radius 1 is 0.935 bits per heavy atom. The Morgan fingerprint density at radius 2 is 1.63 bits per heavy atom. The summed E-state index contributed by atoms with van der Waals surface area (Å²) < 4.78 is 38.7. The summed E-state index contributed by atoms with van der Waals surface area (Å²) in [6.45, 7) is 17.3. The molecule has 248 valence electrons. The number of benzene rings is 2. The summed E-state index contributed by atoms with van der Waals surface area (Å²) in [7, 11) is 1.59. The molecule has 0 saturated carbocycles. The highest BCUT2D eigenvalue weighted by Gasteiger charge is 2.48. The van der Waals surface area contributed by atoms with Gasteiger partial charge in [-0.1, -0.05) is 48.5 Å². The maximum atomic E-state index is 13.5. The van der Waals surface area contributed by atoms with E-state index in [2.05, 4.69) is 79.4 Å². The van der Waals surface area contributed by atoms with Gasteiger partial charge in [0.2, 0.25) is 5.91 Å². The molecular formula is C34H44F2N6O3S. The zero-order valence-corrected chi connectivity index (χ0v) is 28.6. The second kappa shape index (κ2) is 14.3. The number of aromatic nitrogens is 3. The van der Waals surface area contributed by atoms with Crippen LogP contribution in [0.1, 0.15) is 66.2 Å². The lowest BCUT2D eigenvalue weighted by atomic mass is 9.58. The first-order chi connectivity index (χ1) is 21.7. The van der Waals surface area contributed by atoms with E-state index < -0.39 is 17.5 Å². The molecule has 0 atom stereocenters. The van der Waals surface area contributed by atoms with Crippen LogP contribution in [0, 0.1) is 22.5 Å². The number of amides is 1. The summed E-state index contributed by atoms with van der Waals surface area (Å²) in [5.74, 6) is -0.302. The Kier molecular flexibility index (Phi) is 10.8. The van der Waals surface area contributed by atoms with Crippen LogP contribution in [0.5, 0.6) is 11.5 Å². The van der Waals surface area contributed by atoms with E-state index in [9.17, 15) is 13.6 Å². The fourth-order valence-corrected chi connectivity index (χ4v) is 7.18. The molecule has 2 aromatic heterocycles. The number of carbonyl (C=O) groups excluding carboxylic acids is 1. The third-order valence-electron chi connectivity index (χ3n) is 8.28. The smallest absolute Gasteiger partial charge is 0.229 e. The standard InChI is InChI=1S/C34H44F2N6O3S/c1-9-34(32(2,3)4,33(5,6)7)40-11-10-12-45-28-18-26-25(17-27(28)44-8)30(39-20-38-26)42-31-37-19-24(46-31)16-29(43)41-23-14-21(35)13-22(36)15-23/h13-15,17-20,40H,9-12,16H2,1-8H3,(H,41,43)(H,37,38,39,42). The van der Waals surface area contributed by atoms with Gasteiger partial charge in [0.25, 0.3) is 0 Å². The number of carbonyl (C=O) groups is 1. The van der Waals surface area contributed by atoms with E-state index in [0.29, 0.717) is 44.8 Å². The predicted octanol–water partition coefficient (Wildman–Crippen LogP) is 7.90. The van der Waals surface area contributed by atoms with E-state index >= 15 is 0 Å². The summed E-state index contributed by atoms with van der Waals surface area (Å²) in [5, 5.41) is 10.8. The van der Waals surface area contributed by atoms with Crippen molar-refractivity contribution in [3.63, 3.8) is 0 Å². The maximum absolute atomic E-state index is 13.5. The van der Waals surface area contributed by atoms with Gasteiger partial charge in [0.15, 0.2) is 16.6 Å². The van der Waals surface area contributed by atoms with Gasteiger partial charge in [-0.3, -0.25) is 4.79 Å². The Balaban J connectivity index is 1.40. The molecule has 0 radical (unpaired) electrons. The maximum Gasteiger partial charge on any atom is 0.229 e. The molecule has 2 heterocycles. The van der Waals surface area contributed by atoms with Crippen molar-refractivity contribution >= 4 is 44.8 Å². The van der Waals surface area contributed by atoms with Crippen LogP contribution in [-0.4, -0.2) is 46.7 Å². The number of halogens is 2. The molecule has 0 unspecified atom stereocenters. The lowest BCUT2D eigenvalue weighted by Crippen LogP contribution is -2.62. The fraction of sp³-hybridized carbons (Fsp3) is 0.471. The quantitative estimate of drug-likeness (QED) is 0.125. The van der Waals surface area contributed by atoms with Gasteiger partial charge in [-0.15, -0.1) is 11.3 Å². The number of nitrogens with zero attached hydrogens (tertiary/aromatic N) is 3. The number of methoxy groups -OCH3 is 1. The molecule has 0 bridgehead atoms. The average molecular weight is 655 g/mol. The number of thiazole rings is 1. The van der Waals surface area contributed by atoms with Crippen LogP contribution in [0.4, 0.5) is 25.4 Å². The van der Waals surface area contributed by atoms with Crippen molar-refractivity contribution in [2.45, 2.75) is 73.3 Å². The first kappa shape index (κ1) is 35.0. The molecule has 12 heteroatoms. The lowest BCUT2D eigenvalue weighted by molar-refractivity contribution is -0.115. The Hall–Kier alpha value is -3.90. The van der Waals surface area contributed by atoms with Crippen molar-refractivity contribution in [2.24, 2.45) is 10.8 Å². The molecule has 2 aromatic carbocycles. The minimum Gasteiger partial charge on any atom is -0.493 e. The number of anilines is 3. The molecule has 0 aliphatic carbocycles. The van der Waals surface area contributed by atoms with Gasteiger partial charge in [-0.2, -0.15) is 0 Å². The van der Waals surface area contributed by atoms with Crippen LogP contribution < -0.4 is 25.4 Å². The second-order valence-electron chi connectivity index (χ2n) is 13.3. The molecule has 4 aromatic rings. The number of nitrogens with one attached hydrogen (secondary N) is 3. The Morgan fingerprint density at radius 3 is 2.26 bits per heavy atom. The van der Waals surface area contributed by atoms with E-state index in [0.717, 1.165) is 37.6 Å². The highest BCUT2D eigenvalue weighted by atomic mass is 32.1. The molecule has 0 aliphatic rings. The number of ether oxygens (including phenoxy) is 2. The van der Waals surface area contributed by atoms with E-state index in [1.165, 1.54) is 17.7 Å². The highest BCUT2D eigenvalue weighted by Crippen LogP contribution is 2.46. The molecule has 0 saturated heterocycles. The van der Waals surface area contributed by atoms with Gasteiger partial charge < -0.3 is 25.4 Å². The summed E-state index contributed by atoms with van der Waals surface area (Å²) in [6.07, 6.45) is 4.84. The lowest BCUT2D eigenvalue weighted by Gasteiger charge is -2.54. The second-order valence-corrected chi connectivity index (χ2v) is 14.4. The third kappa shape index (κ3) is 8.08. The van der Waals surface area contributed by atoms with Gasteiger partial charge in [0, 0.05) is 39.8 Å². The van der Waals surface area contributed by atoms with Crippen molar-refractivity contribution in [2.75, 3.05) is 30.9 Å². The largest absolute Gasteiger partial charge is 0.493 e. The van der Waals surface area contributed by atoms with Crippen LogP contribution in [0.15, 0.2) is 42.9 Å². The van der Waals surface area contributed by atoms with Gasteiger partial charge in [0.05, 0.1) is 25.7 Å². The number of rotatable bonds is 13. The molecule has 9 nitrogen and oxygen atoms in total. The molecule has 46 heavy (non-hydrogen) atoms.